The molecule has 0 spiro atoms. The molecule has 1 heterocycles. The number of benzene rings is 1. The second-order valence-corrected chi connectivity index (χ2v) is 5.17. The van der Waals surface area contributed by atoms with Crippen LogP contribution in [0.2, 0.25) is 0 Å². The molecule has 0 saturated heterocycles. The monoisotopic (exact) mass is 274 g/mol. The zero-order valence-corrected chi connectivity index (χ0v) is 12.4. The quantitative estimate of drug-likeness (QED) is 0.647. The fraction of sp³-hybridized carbons (Fsp3) is 0.400. The summed E-state index contributed by atoms with van der Waals surface area (Å²) in [5, 5.41) is 4.37. The van der Waals surface area contributed by atoms with Crippen LogP contribution in [0.5, 0.6) is 5.75 Å². The van der Waals surface area contributed by atoms with Crippen molar-refractivity contribution in [2.75, 3.05) is 0 Å². The summed E-state index contributed by atoms with van der Waals surface area (Å²) in [6, 6.07) is 9.87. The molecule has 108 valence electrons. The molecule has 2 rings (SSSR count). The maximum Gasteiger partial charge on any atom is 0.120 e. The summed E-state index contributed by atoms with van der Waals surface area (Å²) in [6.07, 6.45) is 0.147. The van der Waals surface area contributed by atoms with Crippen LogP contribution in [-0.4, -0.2) is 15.9 Å². The Hall–Kier alpha value is -1.85. The average Bonchev–Trinajstić information content (AvgIpc) is 2.69. The molecule has 0 radical (unpaired) electrons. The molecule has 0 aliphatic carbocycles. The smallest absolute Gasteiger partial charge is 0.120 e. The van der Waals surface area contributed by atoms with Crippen LogP contribution in [0.25, 0.3) is 0 Å². The third kappa shape index (κ3) is 3.18. The molecule has 1 aromatic carbocycles. The number of hydrogen-bond acceptors (Lipinski definition) is 4. The second-order valence-electron chi connectivity index (χ2n) is 5.17. The molecule has 1 unspecified atom stereocenters. The molecule has 5 nitrogen and oxygen atoms in total. The van der Waals surface area contributed by atoms with Gasteiger partial charge in [0.05, 0.1) is 23.5 Å². The van der Waals surface area contributed by atoms with Crippen molar-refractivity contribution in [3.05, 3.63) is 47.3 Å². The van der Waals surface area contributed by atoms with E-state index in [0.717, 1.165) is 22.7 Å². The summed E-state index contributed by atoms with van der Waals surface area (Å²) in [6.45, 7) is 5.99. The molecule has 0 aliphatic rings. The molecule has 5 heteroatoms. The Kier molecular flexibility index (Phi) is 4.42. The van der Waals surface area contributed by atoms with Gasteiger partial charge in [-0.2, -0.15) is 5.10 Å². The number of rotatable bonds is 5. The van der Waals surface area contributed by atoms with Crippen LogP contribution in [0.4, 0.5) is 0 Å². The van der Waals surface area contributed by atoms with Crippen molar-refractivity contribution >= 4 is 0 Å². The lowest BCUT2D eigenvalue weighted by Gasteiger charge is -2.18. The van der Waals surface area contributed by atoms with Crippen LogP contribution in [0.1, 0.15) is 36.8 Å². The highest BCUT2D eigenvalue weighted by molar-refractivity contribution is 5.35. The van der Waals surface area contributed by atoms with Crippen molar-refractivity contribution in [3.8, 4) is 5.75 Å². The van der Waals surface area contributed by atoms with Crippen LogP contribution >= 0.6 is 0 Å². The SMILES string of the molecule is Cc1cc(C(NN)c2cccc(OC(C)C)c2)n(C)n1. The zero-order valence-electron chi connectivity index (χ0n) is 12.4. The van der Waals surface area contributed by atoms with Gasteiger partial charge < -0.3 is 4.74 Å². The Morgan fingerprint density at radius 2 is 2.05 bits per heavy atom. The Labute approximate surface area is 119 Å². The molecule has 0 saturated carbocycles. The Morgan fingerprint density at radius 3 is 2.60 bits per heavy atom. The zero-order chi connectivity index (χ0) is 14.7. The van der Waals surface area contributed by atoms with Gasteiger partial charge in [0.15, 0.2) is 0 Å². The van der Waals surface area contributed by atoms with E-state index in [2.05, 4.69) is 10.5 Å². The van der Waals surface area contributed by atoms with Crippen LogP contribution in [0.15, 0.2) is 30.3 Å². The van der Waals surface area contributed by atoms with Gasteiger partial charge in [-0.3, -0.25) is 10.5 Å². The minimum Gasteiger partial charge on any atom is -0.491 e. The molecular formula is C15H22N4O. The average molecular weight is 274 g/mol. The number of aromatic nitrogens is 2. The van der Waals surface area contributed by atoms with Crippen molar-refractivity contribution < 1.29 is 4.74 Å². The van der Waals surface area contributed by atoms with Gasteiger partial charge in [0, 0.05) is 7.05 Å². The Bertz CT molecular complexity index is 577. The van der Waals surface area contributed by atoms with E-state index in [9.17, 15) is 0 Å². The topological polar surface area (TPSA) is 65.1 Å². The normalized spacial score (nSPS) is 12.7. The lowest BCUT2D eigenvalue weighted by Crippen LogP contribution is -2.30. The number of nitrogens with zero attached hydrogens (tertiary/aromatic N) is 2. The minimum atomic E-state index is -0.114. The Morgan fingerprint density at radius 1 is 1.30 bits per heavy atom. The van der Waals surface area contributed by atoms with Crippen molar-refractivity contribution in [3.63, 3.8) is 0 Å². The van der Waals surface area contributed by atoms with Crippen LogP contribution in [-0.2, 0) is 7.05 Å². The van der Waals surface area contributed by atoms with E-state index >= 15 is 0 Å². The highest BCUT2D eigenvalue weighted by Crippen LogP contribution is 2.25. The van der Waals surface area contributed by atoms with Crippen molar-refractivity contribution in [2.24, 2.45) is 12.9 Å². The first-order valence-electron chi connectivity index (χ1n) is 6.74. The van der Waals surface area contributed by atoms with Gasteiger partial charge in [0.2, 0.25) is 0 Å². The molecule has 3 N–H and O–H groups in total. The summed E-state index contributed by atoms with van der Waals surface area (Å²) in [7, 11) is 1.92. The van der Waals surface area contributed by atoms with E-state index in [0.29, 0.717) is 0 Å². The number of hydrogen-bond donors (Lipinski definition) is 2. The van der Waals surface area contributed by atoms with E-state index in [1.807, 2.05) is 62.8 Å². The predicted molar refractivity (Wildman–Crippen MR) is 79.3 cm³/mol. The fourth-order valence-corrected chi connectivity index (χ4v) is 2.29. The van der Waals surface area contributed by atoms with Crippen molar-refractivity contribution in [1.29, 1.82) is 0 Å². The molecule has 20 heavy (non-hydrogen) atoms. The maximum atomic E-state index is 5.73. The van der Waals surface area contributed by atoms with Gasteiger partial charge in [0.1, 0.15) is 5.75 Å². The third-order valence-electron chi connectivity index (χ3n) is 3.06. The lowest BCUT2D eigenvalue weighted by atomic mass is 10.0. The second kappa shape index (κ2) is 6.07. The molecule has 2 aromatic rings. The van der Waals surface area contributed by atoms with E-state index in [4.69, 9.17) is 10.6 Å². The number of nitrogens with two attached hydrogens (primary N) is 1. The van der Waals surface area contributed by atoms with E-state index < -0.39 is 0 Å². The highest BCUT2D eigenvalue weighted by Gasteiger charge is 2.17. The number of hydrazine groups is 1. The lowest BCUT2D eigenvalue weighted by molar-refractivity contribution is 0.242. The van der Waals surface area contributed by atoms with E-state index in [1.165, 1.54) is 0 Å². The first-order valence-corrected chi connectivity index (χ1v) is 6.74. The third-order valence-corrected chi connectivity index (χ3v) is 3.06. The largest absolute Gasteiger partial charge is 0.491 e. The first kappa shape index (κ1) is 14.6. The number of nitrogens with one attached hydrogen (secondary N) is 1. The fourth-order valence-electron chi connectivity index (χ4n) is 2.29. The summed E-state index contributed by atoms with van der Waals surface area (Å²) >= 11 is 0. The maximum absolute atomic E-state index is 5.73. The van der Waals surface area contributed by atoms with Gasteiger partial charge in [-0.15, -0.1) is 0 Å². The van der Waals surface area contributed by atoms with Crippen molar-refractivity contribution in [1.82, 2.24) is 15.2 Å². The molecule has 0 amide bonds. The standard InChI is InChI=1S/C15H22N4O/c1-10(2)20-13-7-5-6-12(9-13)15(17-16)14-8-11(3)18-19(14)4/h5-10,15,17H,16H2,1-4H3. The van der Waals surface area contributed by atoms with Gasteiger partial charge in [-0.25, -0.2) is 5.43 Å². The summed E-state index contributed by atoms with van der Waals surface area (Å²) in [5.41, 5.74) is 5.89. The molecule has 1 aromatic heterocycles. The van der Waals surface area contributed by atoms with Crippen molar-refractivity contribution in [2.45, 2.75) is 32.9 Å². The summed E-state index contributed by atoms with van der Waals surface area (Å²) in [5.74, 6) is 6.58. The van der Waals surface area contributed by atoms with E-state index in [-0.39, 0.29) is 12.1 Å². The number of ether oxygens (including phenoxy) is 1. The molecule has 0 aliphatic heterocycles. The van der Waals surface area contributed by atoms with Crippen LogP contribution in [0, 0.1) is 6.92 Å². The molecule has 0 bridgehead atoms. The highest BCUT2D eigenvalue weighted by atomic mass is 16.5. The first-order chi connectivity index (χ1) is 9.51. The van der Waals surface area contributed by atoms with Gasteiger partial charge in [0.25, 0.3) is 0 Å². The predicted octanol–water partition coefficient (Wildman–Crippen LogP) is 2.07. The van der Waals surface area contributed by atoms with Crippen LogP contribution in [0.3, 0.4) is 0 Å². The summed E-state index contributed by atoms with van der Waals surface area (Å²) < 4.78 is 7.57. The van der Waals surface area contributed by atoms with Crippen LogP contribution < -0.4 is 16.0 Å². The molecule has 0 fully saturated rings. The molecular weight excluding hydrogens is 252 g/mol. The minimum absolute atomic E-state index is 0.114. The number of aryl methyl sites for hydroxylation is 2. The van der Waals surface area contributed by atoms with Gasteiger partial charge in [-0.1, -0.05) is 12.1 Å². The molecule has 1 atom stereocenters. The summed E-state index contributed by atoms with van der Waals surface area (Å²) in [4.78, 5) is 0. The van der Waals surface area contributed by atoms with Gasteiger partial charge in [-0.05, 0) is 44.5 Å². The van der Waals surface area contributed by atoms with E-state index in [1.54, 1.807) is 0 Å². The van der Waals surface area contributed by atoms with Gasteiger partial charge >= 0.3 is 0 Å². The Balaban J connectivity index is 2.34.